The molecule has 2 aromatic rings. The van der Waals surface area contributed by atoms with E-state index in [-0.39, 0.29) is 23.7 Å². The average molecular weight is 335 g/mol. The Hall–Kier alpha value is -1.21. The van der Waals surface area contributed by atoms with Gasteiger partial charge in [0, 0.05) is 24.7 Å². The molecule has 0 radical (unpaired) electrons. The minimum Gasteiger partial charge on any atom is -0.344 e. The van der Waals surface area contributed by atoms with Crippen LogP contribution in [0.15, 0.2) is 18.6 Å². The van der Waals surface area contributed by atoms with Crippen molar-refractivity contribution in [2.45, 2.75) is 44.3 Å². The van der Waals surface area contributed by atoms with Crippen LogP contribution in [0.2, 0.25) is 5.15 Å². The number of nitrogens with zero attached hydrogens (tertiary/aromatic N) is 3. The summed E-state index contributed by atoms with van der Waals surface area (Å²) in [5.41, 5.74) is 1.03. The summed E-state index contributed by atoms with van der Waals surface area (Å²) in [4.78, 5) is 8.51. The molecule has 1 aliphatic carbocycles. The molecule has 7 heteroatoms. The maximum absolute atomic E-state index is 6.27. The van der Waals surface area contributed by atoms with Crippen molar-refractivity contribution < 1.29 is 9.47 Å². The molecule has 1 spiro atoms. The molecule has 122 valence electrons. The molecule has 2 aromatic heterocycles. The minimum absolute atomic E-state index is 0.0384. The fraction of sp³-hybridized carbons (Fsp3) is 0.625. The summed E-state index contributed by atoms with van der Waals surface area (Å²) in [5.74, 6) is -0.536. The highest BCUT2D eigenvalue weighted by Gasteiger charge is 2.63. The van der Waals surface area contributed by atoms with Crippen molar-refractivity contribution in [3.05, 3.63) is 23.7 Å². The highest BCUT2D eigenvalue weighted by molar-refractivity contribution is 6.33. The predicted molar refractivity (Wildman–Crippen MR) is 85.3 cm³/mol. The van der Waals surface area contributed by atoms with Gasteiger partial charge in [-0.1, -0.05) is 11.6 Å². The molecular formula is C16H19ClN4O2. The van der Waals surface area contributed by atoms with Gasteiger partial charge < -0.3 is 19.4 Å². The lowest BCUT2D eigenvalue weighted by molar-refractivity contribution is -0.173. The first kappa shape index (κ1) is 14.2. The second kappa shape index (κ2) is 4.45. The first-order chi connectivity index (χ1) is 11.0. The minimum atomic E-state index is -0.536. The van der Waals surface area contributed by atoms with E-state index in [0.29, 0.717) is 5.15 Å². The molecule has 23 heavy (non-hydrogen) atoms. The molecule has 4 heterocycles. The standard InChI is InChI=1S/C16H19ClN4O2/c1-15(2)22-11-10(5-16(6-18-7-16)12(11)23-15)21-4-3-9-13(17)19-8-20-14(9)21/h3-4,8,10-12,18H,5-7H2,1-2H3/t10-,11+,12+/m1/s1. The Labute approximate surface area is 139 Å². The second-order valence-electron chi connectivity index (χ2n) is 7.38. The fourth-order valence-electron chi connectivity index (χ4n) is 4.45. The van der Waals surface area contributed by atoms with E-state index in [2.05, 4.69) is 19.9 Å². The Morgan fingerprint density at radius 2 is 2.13 bits per heavy atom. The number of nitrogens with one attached hydrogen (secondary N) is 1. The Balaban J connectivity index is 1.61. The molecule has 2 saturated heterocycles. The number of hydrogen-bond donors (Lipinski definition) is 1. The van der Waals surface area contributed by atoms with Crippen LogP contribution in [0.3, 0.4) is 0 Å². The van der Waals surface area contributed by atoms with Gasteiger partial charge in [0.15, 0.2) is 5.79 Å². The highest BCUT2D eigenvalue weighted by Crippen LogP contribution is 2.55. The van der Waals surface area contributed by atoms with Gasteiger partial charge in [-0.05, 0) is 26.3 Å². The first-order valence-corrected chi connectivity index (χ1v) is 8.40. The molecule has 0 amide bonds. The van der Waals surface area contributed by atoms with Crippen LogP contribution in [0.25, 0.3) is 11.0 Å². The quantitative estimate of drug-likeness (QED) is 0.810. The molecule has 1 N–H and O–H groups in total. The van der Waals surface area contributed by atoms with Gasteiger partial charge >= 0.3 is 0 Å². The van der Waals surface area contributed by atoms with E-state index < -0.39 is 5.79 Å². The van der Waals surface area contributed by atoms with Gasteiger partial charge in [-0.15, -0.1) is 0 Å². The van der Waals surface area contributed by atoms with Crippen LogP contribution in [0, 0.1) is 5.41 Å². The molecule has 1 saturated carbocycles. The Kier molecular flexibility index (Phi) is 2.74. The Morgan fingerprint density at radius 1 is 1.30 bits per heavy atom. The monoisotopic (exact) mass is 334 g/mol. The topological polar surface area (TPSA) is 61.2 Å². The van der Waals surface area contributed by atoms with Crippen LogP contribution in [0.5, 0.6) is 0 Å². The highest BCUT2D eigenvalue weighted by atomic mass is 35.5. The van der Waals surface area contributed by atoms with Gasteiger partial charge in [0.25, 0.3) is 0 Å². The SMILES string of the molecule is CC1(C)O[C@H]2[C@H](n3ccc4c(Cl)ncnc43)CC3(CNC3)[C@H]2O1. The van der Waals surface area contributed by atoms with Crippen molar-refractivity contribution in [3.8, 4) is 0 Å². The maximum Gasteiger partial charge on any atom is 0.163 e. The summed E-state index contributed by atoms with van der Waals surface area (Å²) in [5, 5.41) is 4.78. The summed E-state index contributed by atoms with van der Waals surface area (Å²) >= 11 is 6.20. The summed E-state index contributed by atoms with van der Waals surface area (Å²) in [6.07, 6.45) is 4.75. The average Bonchev–Trinajstić information content (AvgIpc) is 3.08. The van der Waals surface area contributed by atoms with E-state index in [1.165, 1.54) is 6.33 Å². The van der Waals surface area contributed by atoms with Gasteiger partial charge in [-0.3, -0.25) is 0 Å². The molecular weight excluding hydrogens is 316 g/mol. The third-order valence-electron chi connectivity index (χ3n) is 5.50. The molecule has 0 unspecified atom stereocenters. The summed E-state index contributed by atoms with van der Waals surface area (Å²) < 4.78 is 14.7. The van der Waals surface area contributed by atoms with Crippen molar-refractivity contribution in [3.63, 3.8) is 0 Å². The van der Waals surface area contributed by atoms with Gasteiger partial charge in [0.05, 0.1) is 17.5 Å². The number of fused-ring (bicyclic) bond motifs is 3. The van der Waals surface area contributed by atoms with Crippen molar-refractivity contribution in [1.29, 1.82) is 0 Å². The van der Waals surface area contributed by atoms with Crippen LogP contribution in [0.1, 0.15) is 26.3 Å². The number of rotatable bonds is 1. The second-order valence-corrected chi connectivity index (χ2v) is 7.74. The van der Waals surface area contributed by atoms with E-state index in [1.807, 2.05) is 26.1 Å². The number of aromatic nitrogens is 3. The normalized spacial score (nSPS) is 34.0. The number of halogens is 1. The van der Waals surface area contributed by atoms with E-state index in [0.717, 1.165) is 30.5 Å². The smallest absolute Gasteiger partial charge is 0.163 e. The van der Waals surface area contributed by atoms with Gasteiger partial charge in [-0.2, -0.15) is 0 Å². The van der Waals surface area contributed by atoms with Gasteiger partial charge in [0.2, 0.25) is 0 Å². The molecule has 3 aliphatic rings. The lowest BCUT2D eigenvalue weighted by Crippen LogP contribution is -2.58. The zero-order valence-corrected chi connectivity index (χ0v) is 13.9. The molecule has 0 aromatic carbocycles. The van der Waals surface area contributed by atoms with Crippen LogP contribution in [-0.4, -0.2) is 45.6 Å². The summed E-state index contributed by atoms with van der Waals surface area (Å²) in [7, 11) is 0. The third kappa shape index (κ3) is 1.86. The Morgan fingerprint density at radius 3 is 2.87 bits per heavy atom. The van der Waals surface area contributed by atoms with Crippen LogP contribution >= 0.6 is 11.6 Å². The molecule has 0 bridgehead atoms. The lowest BCUT2D eigenvalue weighted by atomic mass is 9.78. The van der Waals surface area contributed by atoms with Gasteiger partial charge in [0.1, 0.15) is 23.2 Å². The summed E-state index contributed by atoms with van der Waals surface area (Å²) in [6, 6.07) is 2.19. The van der Waals surface area contributed by atoms with Crippen molar-refractivity contribution in [1.82, 2.24) is 19.9 Å². The van der Waals surface area contributed by atoms with E-state index in [1.54, 1.807) is 0 Å². The molecule has 3 fully saturated rings. The maximum atomic E-state index is 6.27. The molecule has 2 aliphatic heterocycles. The zero-order chi connectivity index (χ0) is 15.8. The van der Waals surface area contributed by atoms with Crippen molar-refractivity contribution in [2.75, 3.05) is 13.1 Å². The lowest BCUT2D eigenvalue weighted by Gasteiger charge is -2.43. The molecule has 6 nitrogen and oxygen atoms in total. The number of hydrogen-bond acceptors (Lipinski definition) is 5. The number of ether oxygens (including phenoxy) is 2. The third-order valence-corrected chi connectivity index (χ3v) is 5.80. The zero-order valence-electron chi connectivity index (χ0n) is 13.1. The van der Waals surface area contributed by atoms with E-state index in [9.17, 15) is 0 Å². The molecule has 3 atom stereocenters. The first-order valence-electron chi connectivity index (χ1n) is 8.03. The summed E-state index contributed by atoms with van der Waals surface area (Å²) in [6.45, 7) is 5.96. The van der Waals surface area contributed by atoms with Gasteiger partial charge in [-0.25, -0.2) is 9.97 Å². The van der Waals surface area contributed by atoms with Crippen LogP contribution in [0.4, 0.5) is 0 Å². The molecule has 5 rings (SSSR count). The fourth-order valence-corrected chi connectivity index (χ4v) is 4.64. The van der Waals surface area contributed by atoms with Crippen molar-refractivity contribution >= 4 is 22.6 Å². The van der Waals surface area contributed by atoms with E-state index in [4.69, 9.17) is 21.1 Å². The van der Waals surface area contributed by atoms with Crippen LogP contribution in [-0.2, 0) is 9.47 Å². The largest absolute Gasteiger partial charge is 0.344 e. The van der Waals surface area contributed by atoms with Crippen molar-refractivity contribution in [2.24, 2.45) is 5.41 Å². The Bertz CT molecular complexity index is 785. The van der Waals surface area contributed by atoms with E-state index >= 15 is 0 Å². The predicted octanol–water partition coefficient (Wildman–Crippen LogP) is 2.14. The van der Waals surface area contributed by atoms with Crippen LogP contribution < -0.4 is 5.32 Å².